The van der Waals surface area contributed by atoms with E-state index in [0.29, 0.717) is 36.8 Å². The Bertz CT molecular complexity index is 784. The van der Waals surface area contributed by atoms with Crippen molar-refractivity contribution < 1.29 is 23.8 Å². The van der Waals surface area contributed by atoms with Crippen LogP contribution >= 0.6 is 0 Å². The van der Waals surface area contributed by atoms with Gasteiger partial charge in [-0.1, -0.05) is 0 Å². The fourth-order valence-corrected chi connectivity index (χ4v) is 6.47. The minimum Gasteiger partial charge on any atom is -0.486 e. The van der Waals surface area contributed by atoms with Crippen molar-refractivity contribution in [3.63, 3.8) is 0 Å². The molecule has 1 atom stereocenters. The fourth-order valence-electron chi connectivity index (χ4n) is 6.47. The second-order valence-electron chi connectivity index (χ2n) is 9.57. The molecule has 0 unspecified atom stereocenters. The van der Waals surface area contributed by atoms with E-state index in [-0.39, 0.29) is 17.3 Å². The molecule has 1 N–H and O–H groups in total. The second kappa shape index (κ2) is 7.22. The van der Waals surface area contributed by atoms with E-state index in [0.717, 1.165) is 37.0 Å². The average molecular weight is 399 g/mol. The summed E-state index contributed by atoms with van der Waals surface area (Å²) in [6.45, 7) is 2.64. The molecular formula is C23H29NO5. The van der Waals surface area contributed by atoms with Gasteiger partial charge in [0.1, 0.15) is 13.2 Å². The molecule has 4 fully saturated rings. The maximum absolute atomic E-state index is 12.6. The standard InChI is InChI=1S/C23H29NO5/c1-14(22(26)24-18-2-3-19-20(9-18)28-5-4-27-19)29-21(25)13-23-10-15-6-16(11-23)8-17(7-15)12-23/h2-3,9,14-17H,4-8,10-13H2,1H3,(H,24,26)/t14-,15?,16?,17?,23?/m0/s1. The van der Waals surface area contributed by atoms with Gasteiger partial charge in [0, 0.05) is 11.8 Å². The van der Waals surface area contributed by atoms with E-state index in [9.17, 15) is 9.59 Å². The molecular weight excluding hydrogens is 370 g/mol. The van der Waals surface area contributed by atoms with Crippen molar-refractivity contribution in [2.45, 2.75) is 58.0 Å². The van der Waals surface area contributed by atoms with Crippen LogP contribution in [0.1, 0.15) is 51.9 Å². The smallest absolute Gasteiger partial charge is 0.307 e. The molecule has 6 nitrogen and oxygen atoms in total. The highest BCUT2D eigenvalue weighted by Gasteiger charge is 2.51. The van der Waals surface area contributed by atoms with E-state index in [4.69, 9.17) is 14.2 Å². The number of carbonyl (C=O) groups is 2. The molecule has 1 heterocycles. The van der Waals surface area contributed by atoms with Crippen LogP contribution in [-0.4, -0.2) is 31.2 Å². The molecule has 0 radical (unpaired) electrons. The summed E-state index contributed by atoms with van der Waals surface area (Å²) in [5.41, 5.74) is 0.723. The van der Waals surface area contributed by atoms with Crippen molar-refractivity contribution in [3.05, 3.63) is 18.2 Å². The van der Waals surface area contributed by atoms with Crippen LogP contribution < -0.4 is 14.8 Å². The highest BCUT2D eigenvalue weighted by Crippen LogP contribution is 2.61. The summed E-state index contributed by atoms with van der Waals surface area (Å²) in [6.07, 6.45) is 7.15. The Kier molecular flexibility index (Phi) is 4.67. The van der Waals surface area contributed by atoms with Crippen LogP contribution in [0.15, 0.2) is 18.2 Å². The summed E-state index contributed by atoms with van der Waals surface area (Å²) in [5, 5.41) is 2.80. The molecule has 6 rings (SSSR count). The Morgan fingerprint density at radius 1 is 1.07 bits per heavy atom. The third kappa shape index (κ3) is 3.81. The molecule has 29 heavy (non-hydrogen) atoms. The van der Waals surface area contributed by atoms with Crippen molar-refractivity contribution in [1.29, 1.82) is 0 Å². The average Bonchev–Trinajstić information content (AvgIpc) is 2.66. The van der Waals surface area contributed by atoms with Gasteiger partial charge in [-0.2, -0.15) is 0 Å². The van der Waals surface area contributed by atoms with Gasteiger partial charge in [-0.15, -0.1) is 0 Å². The number of nitrogens with one attached hydrogen (secondary N) is 1. The van der Waals surface area contributed by atoms with Crippen molar-refractivity contribution in [2.24, 2.45) is 23.2 Å². The number of anilines is 1. The lowest BCUT2D eigenvalue weighted by atomic mass is 9.49. The number of hydrogen-bond acceptors (Lipinski definition) is 5. The van der Waals surface area contributed by atoms with Crippen molar-refractivity contribution >= 4 is 17.6 Å². The van der Waals surface area contributed by atoms with Crippen LogP contribution in [0.5, 0.6) is 11.5 Å². The zero-order valence-corrected chi connectivity index (χ0v) is 16.9. The molecule has 6 heteroatoms. The largest absolute Gasteiger partial charge is 0.486 e. The van der Waals surface area contributed by atoms with Crippen LogP contribution in [0.25, 0.3) is 0 Å². The number of hydrogen-bond donors (Lipinski definition) is 1. The first-order valence-electron chi connectivity index (χ1n) is 10.9. The number of rotatable bonds is 5. The minimum absolute atomic E-state index is 0.123. The summed E-state index contributed by atoms with van der Waals surface area (Å²) in [5.74, 6) is 3.10. The fraction of sp³-hybridized carbons (Fsp3) is 0.652. The van der Waals surface area contributed by atoms with Gasteiger partial charge < -0.3 is 19.5 Å². The van der Waals surface area contributed by atoms with E-state index >= 15 is 0 Å². The third-order valence-electron chi connectivity index (χ3n) is 7.17. The topological polar surface area (TPSA) is 73.9 Å². The van der Waals surface area contributed by atoms with Gasteiger partial charge in [0.05, 0.1) is 6.42 Å². The van der Waals surface area contributed by atoms with Gasteiger partial charge in [0.15, 0.2) is 17.6 Å². The van der Waals surface area contributed by atoms with Gasteiger partial charge in [-0.05, 0) is 80.8 Å². The highest BCUT2D eigenvalue weighted by atomic mass is 16.6. The van der Waals surface area contributed by atoms with Crippen molar-refractivity contribution in [3.8, 4) is 11.5 Å². The van der Waals surface area contributed by atoms with E-state index in [1.165, 1.54) is 19.3 Å². The molecule has 5 aliphatic rings. The first-order valence-corrected chi connectivity index (χ1v) is 10.9. The van der Waals surface area contributed by atoms with Crippen LogP contribution in [0.3, 0.4) is 0 Å². The van der Waals surface area contributed by atoms with Crippen LogP contribution in [0, 0.1) is 23.2 Å². The number of carbonyl (C=O) groups excluding carboxylic acids is 2. The van der Waals surface area contributed by atoms with Crippen LogP contribution in [-0.2, 0) is 14.3 Å². The molecule has 156 valence electrons. The molecule has 0 saturated heterocycles. The van der Waals surface area contributed by atoms with Gasteiger partial charge >= 0.3 is 5.97 Å². The Hall–Kier alpha value is -2.24. The van der Waals surface area contributed by atoms with E-state index in [1.807, 2.05) is 0 Å². The SMILES string of the molecule is C[C@H](OC(=O)CC12CC3CC(CC(C3)C1)C2)C(=O)Nc1ccc2c(c1)OCCO2. The van der Waals surface area contributed by atoms with E-state index < -0.39 is 6.10 Å². The molecule has 0 spiro atoms. The van der Waals surface area contributed by atoms with E-state index in [2.05, 4.69) is 5.32 Å². The summed E-state index contributed by atoms with van der Waals surface area (Å²) in [6, 6.07) is 5.26. The van der Waals surface area contributed by atoms with Crippen LogP contribution in [0.2, 0.25) is 0 Å². The monoisotopic (exact) mass is 399 g/mol. The molecule has 4 saturated carbocycles. The lowest BCUT2D eigenvalue weighted by molar-refractivity contribution is -0.160. The Morgan fingerprint density at radius 2 is 1.69 bits per heavy atom. The third-order valence-corrected chi connectivity index (χ3v) is 7.17. The second-order valence-corrected chi connectivity index (χ2v) is 9.57. The number of amides is 1. The summed E-state index contributed by atoms with van der Waals surface area (Å²) in [7, 11) is 0. The van der Waals surface area contributed by atoms with Crippen molar-refractivity contribution in [2.75, 3.05) is 18.5 Å². The molecule has 4 aliphatic carbocycles. The van der Waals surface area contributed by atoms with Gasteiger partial charge in [-0.25, -0.2) is 0 Å². The van der Waals surface area contributed by atoms with Gasteiger partial charge in [-0.3, -0.25) is 9.59 Å². The maximum atomic E-state index is 12.6. The predicted molar refractivity (Wildman–Crippen MR) is 107 cm³/mol. The number of esters is 1. The zero-order valence-electron chi connectivity index (χ0n) is 16.9. The Balaban J connectivity index is 1.16. The molecule has 1 aliphatic heterocycles. The van der Waals surface area contributed by atoms with Crippen LogP contribution in [0.4, 0.5) is 5.69 Å². The summed E-state index contributed by atoms with van der Waals surface area (Å²) >= 11 is 0. The first kappa shape index (κ1) is 18.8. The molecule has 1 aromatic carbocycles. The summed E-state index contributed by atoms with van der Waals surface area (Å²) in [4.78, 5) is 25.2. The van der Waals surface area contributed by atoms with E-state index in [1.54, 1.807) is 25.1 Å². The molecule has 0 aromatic heterocycles. The van der Waals surface area contributed by atoms with Gasteiger partial charge in [0.2, 0.25) is 0 Å². The van der Waals surface area contributed by atoms with Crippen molar-refractivity contribution in [1.82, 2.24) is 0 Å². The normalized spacial score (nSPS) is 32.5. The lowest BCUT2D eigenvalue weighted by Gasteiger charge is -2.56. The summed E-state index contributed by atoms with van der Waals surface area (Å²) < 4.78 is 16.6. The molecule has 1 aromatic rings. The predicted octanol–water partition coefficient (Wildman–Crippen LogP) is 3.93. The Morgan fingerprint density at radius 3 is 2.34 bits per heavy atom. The zero-order chi connectivity index (χ0) is 20.0. The quantitative estimate of drug-likeness (QED) is 0.760. The number of benzene rings is 1. The Labute approximate surface area is 171 Å². The van der Waals surface area contributed by atoms with Gasteiger partial charge in [0.25, 0.3) is 5.91 Å². The number of fused-ring (bicyclic) bond motifs is 1. The first-order chi connectivity index (χ1) is 14.0. The molecule has 1 amide bonds. The number of ether oxygens (including phenoxy) is 3. The molecule has 4 bridgehead atoms. The highest BCUT2D eigenvalue weighted by molar-refractivity contribution is 5.95. The minimum atomic E-state index is -0.829. The lowest BCUT2D eigenvalue weighted by Crippen LogP contribution is -2.47. The maximum Gasteiger partial charge on any atom is 0.307 e.